The van der Waals surface area contributed by atoms with Gasteiger partial charge in [-0.25, -0.2) is 0 Å². The number of hydrogen-bond donors (Lipinski definition) is 1. The van der Waals surface area contributed by atoms with Crippen molar-refractivity contribution in [1.29, 1.82) is 0 Å². The Morgan fingerprint density at radius 1 is 1.00 bits per heavy atom. The molecule has 0 spiro atoms. The summed E-state index contributed by atoms with van der Waals surface area (Å²) in [4.78, 5) is 2.08. The molecule has 0 aromatic heterocycles. The Bertz CT molecular complexity index is 709. The first-order valence-corrected chi connectivity index (χ1v) is 7.17. The van der Waals surface area contributed by atoms with Gasteiger partial charge in [0.25, 0.3) is 0 Å². The fourth-order valence-corrected chi connectivity index (χ4v) is 2.70. The van der Waals surface area contributed by atoms with Gasteiger partial charge in [0.05, 0.1) is 0 Å². The van der Waals surface area contributed by atoms with Crippen molar-refractivity contribution in [2.45, 2.75) is 13.0 Å². The van der Waals surface area contributed by atoms with Crippen LogP contribution in [-0.4, -0.2) is 11.9 Å². The molecule has 3 rings (SSSR count). The van der Waals surface area contributed by atoms with Crippen molar-refractivity contribution >= 4 is 11.3 Å². The standard InChI is InChI=1S/C19H20N2/c1-13(20)15-8-10-16(11-9-15)19-12-21(3)14(2)17-6-4-5-7-18(17)19/h4-13H,2,20H2,1,3H3/t13-/m0/s1. The molecular weight excluding hydrogens is 256 g/mol. The first-order chi connectivity index (χ1) is 10.1. The summed E-state index contributed by atoms with van der Waals surface area (Å²) in [5, 5.41) is 0. The van der Waals surface area contributed by atoms with Crippen molar-refractivity contribution in [2.24, 2.45) is 5.73 Å². The molecular formula is C19H20N2. The summed E-state index contributed by atoms with van der Waals surface area (Å²) in [5.41, 5.74) is 12.9. The molecule has 0 fully saturated rings. The van der Waals surface area contributed by atoms with Crippen LogP contribution in [0.5, 0.6) is 0 Å². The minimum atomic E-state index is 0.0640. The molecule has 0 aliphatic carbocycles. The van der Waals surface area contributed by atoms with Crippen molar-refractivity contribution in [2.75, 3.05) is 7.05 Å². The third-order valence-corrected chi connectivity index (χ3v) is 4.02. The number of nitrogens with two attached hydrogens (primary N) is 1. The molecule has 0 radical (unpaired) electrons. The topological polar surface area (TPSA) is 29.3 Å². The van der Waals surface area contributed by atoms with E-state index in [2.05, 4.69) is 66.2 Å². The van der Waals surface area contributed by atoms with Gasteiger partial charge in [0.15, 0.2) is 0 Å². The predicted octanol–water partition coefficient (Wildman–Crippen LogP) is 4.01. The molecule has 2 aromatic rings. The number of nitrogens with zero attached hydrogens (tertiary/aromatic N) is 1. The van der Waals surface area contributed by atoms with Gasteiger partial charge in [-0.05, 0) is 23.6 Å². The zero-order chi connectivity index (χ0) is 15.0. The van der Waals surface area contributed by atoms with Gasteiger partial charge in [0.1, 0.15) is 0 Å². The number of rotatable bonds is 2. The number of fused-ring (bicyclic) bond motifs is 1. The number of hydrogen-bond acceptors (Lipinski definition) is 2. The monoisotopic (exact) mass is 276 g/mol. The molecule has 0 bridgehead atoms. The highest BCUT2D eigenvalue weighted by molar-refractivity contribution is 5.89. The highest BCUT2D eigenvalue weighted by atomic mass is 15.1. The summed E-state index contributed by atoms with van der Waals surface area (Å²) in [6.45, 7) is 6.17. The first-order valence-electron chi connectivity index (χ1n) is 7.17. The quantitative estimate of drug-likeness (QED) is 0.898. The van der Waals surface area contributed by atoms with E-state index in [9.17, 15) is 0 Å². The van der Waals surface area contributed by atoms with Crippen LogP contribution >= 0.6 is 0 Å². The minimum absolute atomic E-state index is 0.0640. The Hall–Kier alpha value is -2.32. The normalized spacial score (nSPS) is 15.5. The van der Waals surface area contributed by atoms with E-state index in [4.69, 9.17) is 5.73 Å². The molecule has 2 N–H and O–H groups in total. The molecule has 21 heavy (non-hydrogen) atoms. The highest BCUT2D eigenvalue weighted by Crippen LogP contribution is 2.35. The molecule has 106 valence electrons. The fourth-order valence-electron chi connectivity index (χ4n) is 2.70. The van der Waals surface area contributed by atoms with Crippen LogP contribution in [0.1, 0.15) is 35.2 Å². The second-order valence-electron chi connectivity index (χ2n) is 5.56. The van der Waals surface area contributed by atoms with E-state index in [1.54, 1.807) is 0 Å². The first kappa shape index (κ1) is 13.7. The van der Waals surface area contributed by atoms with Crippen molar-refractivity contribution in [3.8, 4) is 0 Å². The molecule has 0 saturated heterocycles. The fraction of sp³-hybridized carbons (Fsp3) is 0.158. The lowest BCUT2D eigenvalue weighted by Gasteiger charge is -2.28. The van der Waals surface area contributed by atoms with Gasteiger partial charge in [-0.3, -0.25) is 0 Å². The average Bonchev–Trinajstić information content (AvgIpc) is 2.51. The maximum Gasteiger partial charge on any atom is 0.0410 e. The van der Waals surface area contributed by atoms with E-state index in [1.165, 1.54) is 22.3 Å². The Balaban J connectivity index is 2.09. The third kappa shape index (κ3) is 2.39. The van der Waals surface area contributed by atoms with E-state index >= 15 is 0 Å². The molecule has 2 nitrogen and oxygen atoms in total. The van der Waals surface area contributed by atoms with Crippen LogP contribution < -0.4 is 5.73 Å². The molecule has 0 amide bonds. The van der Waals surface area contributed by atoms with E-state index in [0.717, 1.165) is 11.3 Å². The highest BCUT2D eigenvalue weighted by Gasteiger charge is 2.19. The Kier molecular flexibility index (Phi) is 3.40. The minimum Gasteiger partial charge on any atom is -0.350 e. The van der Waals surface area contributed by atoms with E-state index in [-0.39, 0.29) is 6.04 Å². The molecule has 1 aliphatic heterocycles. The van der Waals surface area contributed by atoms with Crippen LogP contribution in [-0.2, 0) is 0 Å². The van der Waals surface area contributed by atoms with E-state index in [0.29, 0.717) is 0 Å². The third-order valence-electron chi connectivity index (χ3n) is 4.02. The Morgan fingerprint density at radius 2 is 1.62 bits per heavy atom. The van der Waals surface area contributed by atoms with Crippen LogP contribution in [0.25, 0.3) is 11.3 Å². The SMILES string of the molecule is C=C1c2ccccc2C(c2ccc([C@H](C)N)cc2)=CN1C. The van der Waals surface area contributed by atoms with Gasteiger partial charge in [-0.2, -0.15) is 0 Å². The van der Waals surface area contributed by atoms with Crippen molar-refractivity contribution in [3.63, 3.8) is 0 Å². The molecule has 1 aliphatic rings. The lowest BCUT2D eigenvalue weighted by Crippen LogP contribution is -2.15. The largest absolute Gasteiger partial charge is 0.350 e. The molecule has 1 atom stereocenters. The second-order valence-corrected chi connectivity index (χ2v) is 5.56. The van der Waals surface area contributed by atoms with Crippen LogP contribution in [0, 0.1) is 0 Å². The van der Waals surface area contributed by atoms with Gasteiger partial charge in [-0.1, -0.05) is 55.1 Å². The average molecular weight is 276 g/mol. The smallest absolute Gasteiger partial charge is 0.0410 e. The number of benzene rings is 2. The van der Waals surface area contributed by atoms with Crippen LogP contribution in [0.15, 0.2) is 61.3 Å². The summed E-state index contributed by atoms with van der Waals surface area (Å²) in [6.07, 6.45) is 2.14. The van der Waals surface area contributed by atoms with Gasteiger partial charge >= 0.3 is 0 Å². The second kappa shape index (κ2) is 5.23. The summed E-state index contributed by atoms with van der Waals surface area (Å²) in [5.74, 6) is 0. The summed E-state index contributed by atoms with van der Waals surface area (Å²) in [7, 11) is 2.04. The lowest BCUT2D eigenvalue weighted by atomic mass is 9.90. The van der Waals surface area contributed by atoms with Crippen LogP contribution in [0.3, 0.4) is 0 Å². The lowest BCUT2D eigenvalue weighted by molar-refractivity contribution is 0.653. The molecule has 0 unspecified atom stereocenters. The van der Waals surface area contributed by atoms with Gasteiger partial charge in [0, 0.05) is 36.1 Å². The van der Waals surface area contributed by atoms with Crippen molar-refractivity contribution < 1.29 is 0 Å². The van der Waals surface area contributed by atoms with E-state index in [1.807, 2.05) is 14.0 Å². The Labute approximate surface area is 126 Å². The summed E-state index contributed by atoms with van der Waals surface area (Å²) >= 11 is 0. The maximum atomic E-state index is 5.92. The van der Waals surface area contributed by atoms with E-state index < -0.39 is 0 Å². The van der Waals surface area contributed by atoms with Gasteiger partial charge in [-0.15, -0.1) is 0 Å². The zero-order valence-electron chi connectivity index (χ0n) is 12.5. The zero-order valence-corrected chi connectivity index (χ0v) is 12.5. The Morgan fingerprint density at radius 3 is 2.24 bits per heavy atom. The van der Waals surface area contributed by atoms with Gasteiger partial charge < -0.3 is 10.6 Å². The van der Waals surface area contributed by atoms with Crippen LogP contribution in [0.2, 0.25) is 0 Å². The van der Waals surface area contributed by atoms with Gasteiger partial charge in [0.2, 0.25) is 0 Å². The molecule has 2 heteroatoms. The van der Waals surface area contributed by atoms with Crippen molar-refractivity contribution in [3.05, 3.63) is 83.6 Å². The molecule has 2 aromatic carbocycles. The molecule has 0 saturated carbocycles. The molecule has 1 heterocycles. The summed E-state index contributed by atoms with van der Waals surface area (Å²) in [6, 6.07) is 17.0. The van der Waals surface area contributed by atoms with Crippen LogP contribution in [0.4, 0.5) is 0 Å². The maximum absolute atomic E-state index is 5.92. The van der Waals surface area contributed by atoms with Crippen molar-refractivity contribution in [1.82, 2.24) is 4.90 Å². The predicted molar refractivity (Wildman–Crippen MR) is 89.4 cm³/mol. The summed E-state index contributed by atoms with van der Waals surface area (Å²) < 4.78 is 0.